The van der Waals surface area contributed by atoms with Crippen LogP contribution in [-0.4, -0.2) is 14.3 Å². The lowest BCUT2D eigenvalue weighted by molar-refractivity contribution is -0.387. The molecule has 0 amide bonds. The minimum absolute atomic E-state index is 0.128. The molecule has 72 valence electrons. The van der Waals surface area contributed by atoms with Crippen LogP contribution in [0.15, 0.2) is 23.1 Å². The maximum absolute atomic E-state index is 10.6. The third-order valence-corrected chi connectivity index (χ3v) is 2.45. The van der Waals surface area contributed by atoms with Crippen molar-refractivity contribution in [3.63, 3.8) is 0 Å². The standard InChI is InChI=1S/C8H6BrN3O2/c1-5-2-3-6-7(12(13)14)10-8(9)11(6)4-5/h2-4H,1H3. The van der Waals surface area contributed by atoms with Gasteiger partial charge in [0.2, 0.25) is 0 Å². The summed E-state index contributed by atoms with van der Waals surface area (Å²) >= 11 is 3.17. The summed E-state index contributed by atoms with van der Waals surface area (Å²) in [6.45, 7) is 1.91. The Morgan fingerprint density at radius 1 is 1.57 bits per heavy atom. The van der Waals surface area contributed by atoms with Crippen LogP contribution in [0.1, 0.15) is 5.56 Å². The summed E-state index contributed by atoms with van der Waals surface area (Å²) < 4.78 is 2.09. The molecule has 0 spiro atoms. The summed E-state index contributed by atoms with van der Waals surface area (Å²) in [6.07, 6.45) is 1.79. The monoisotopic (exact) mass is 255 g/mol. The van der Waals surface area contributed by atoms with Gasteiger partial charge in [-0.2, -0.15) is 0 Å². The van der Waals surface area contributed by atoms with E-state index < -0.39 is 4.92 Å². The van der Waals surface area contributed by atoms with Crippen molar-refractivity contribution in [3.8, 4) is 0 Å². The highest BCUT2D eigenvalue weighted by Crippen LogP contribution is 2.23. The summed E-state index contributed by atoms with van der Waals surface area (Å²) in [5.74, 6) is -0.128. The second kappa shape index (κ2) is 3.06. The number of fused-ring (bicyclic) bond motifs is 1. The molecule has 0 saturated carbocycles. The van der Waals surface area contributed by atoms with Crippen molar-refractivity contribution < 1.29 is 4.92 Å². The predicted octanol–water partition coefficient (Wildman–Crippen LogP) is 2.31. The van der Waals surface area contributed by atoms with Gasteiger partial charge in [0.05, 0.1) is 0 Å². The van der Waals surface area contributed by atoms with Crippen LogP contribution in [0.2, 0.25) is 0 Å². The zero-order valence-electron chi connectivity index (χ0n) is 7.27. The number of rotatable bonds is 1. The second-order valence-electron chi connectivity index (χ2n) is 2.92. The van der Waals surface area contributed by atoms with E-state index in [2.05, 4.69) is 20.9 Å². The van der Waals surface area contributed by atoms with Crippen molar-refractivity contribution in [3.05, 3.63) is 38.7 Å². The van der Waals surface area contributed by atoms with Crippen LogP contribution >= 0.6 is 15.9 Å². The maximum Gasteiger partial charge on any atom is 0.390 e. The quantitative estimate of drug-likeness (QED) is 0.581. The molecule has 14 heavy (non-hydrogen) atoms. The van der Waals surface area contributed by atoms with E-state index in [-0.39, 0.29) is 5.82 Å². The fraction of sp³-hybridized carbons (Fsp3) is 0.125. The summed E-state index contributed by atoms with van der Waals surface area (Å²) in [5.41, 5.74) is 1.51. The molecular formula is C8H6BrN3O2. The van der Waals surface area contributed by atoms with Gasteiger partial charge in [0, 0.05) is 22.1 Å². The first-order valence-corrected chi connectivity index (χ1v) is 4.67. The van der Waals surface area contributed by atoms with Crippen LogP contribution in [0.25, 0.3) is 5.52 Å². The molecule has 0 aromatic carbocycles. The second-order valence-corrected chi connectivity index (χ2v) is 3.63. The topological polar surface area (TPSA) is 60.4 Å². The summed E-state index contributed by atoms with van der Waals surface area (Å²) in [6, 6.07) is 3.50. The van der Waals surface area contributed by atoms with Crippen LogP contribution in [0.3, 0.4) is 0 Å². The Morgan fingerprint density at radius 2 is 2.29 bits per heavy atom. The van der Waals surface area contributed by atoms with Crippen molar-refractivity contribution >= 4 is 27.3 Å². The summed E-state index contributed by atoms with van der Waals surface area (Å²) in [7, 11) is 0. The molecule has 6 heteroatoms. The molecule has 0 bridgehead atoms. The van der Waals surface area contributed by atoms with Crippen LogP contribution < -0.4 is 0 Å². The lowest BCUT2D eigenvalue weighted by Crippen LogP contribution is -1.89. The SMILES string of the molecule is Cc1ccc2c([N+](=O)[O-])nc(Br)n2c1. The zero-order chi connectivity index (χ0) is 10.3. The van der Waals surface area contributed by atoms with E-state index in [0.29, 0.717) is 10.3 Å². The molecule has 2 aromatic heterocycles. The van der Waals surface area contributed by atoms with Crippen LogP contribution in [-0.2, 0) is 0 Å². The molecule has 2 aromatic rings. The molecule has 0 aliphatic carbocycles. The van der Waals surface area contributed by atoms with Crippen LogP contribution in [0.4, 0.5) is 5.82 Å². The molecular weight excluding hydrogens is 250 g/mol. The van der Waals surface area contributed by atoms with Gasteiger partial charge in [-0.05, 0) is 28.5 Å². The summed E-state index contributed by atoms with van der Waals surface area (Å²) in [5, 5.41) is 10.6. The molecule has 5 nitrogen and oxygen atoms in total. The largest absolute Gasteiger partial charge is 0.390 e. The normalized spacial score (nSPS) is 10.7. The minimum atomic E-state index is -0.491. The molecule has 0 N–H and O–H groups in total. The summed E-state index contributed by atoms with van der Waals surface area (Å²) in [4.78, 5) is 13.9. The first-order chi connectivity index (χ1) is 6.59. The average molecular weight is 256 g/mol. The van der Waals surface area contributed by atoms with Gasteiger partial charge in [0.25, 0.3) is 4.73 Å². The number of imidazole rings is 1. The van der Waals surface area contributed by atoms with Gasteiger partial charge in [-0.25, -0.2) is 0 Å². The minimum Gasteiger partial charge on any atom is -0.358 e. The fourth-order valence-electron chi connectivity index (χ4n) is 1.27. The van der Waals surface area contributed by atoms with Gasteiger partial charge in [-0.1, -0.05) is 6.07 Å². The van der Waals surface area contributed by atoms with Crippen molar-refractivity contribution in [1.29, 1.82) is 0 Å². The van der Waals surface area contributed by atoms with Gasteiger partial charge in [-0.15, -0.1) is 0 Å². The molecule has 0 aliphatic heterocycles. The molecule has 0 unspecified atom stereocenters. The maximum atomic E-state index is 10.6. The van der Waals surface area contributed by atoms with Crippen molar-refractivity contribution in [2.45, 2.75) is 6.92 Å². The average Bonchev–Trinajstić information content (AvgIpc) is 2.44. The van der Waals surface area contributed by atoms with E-state index in [0.717, 1.165) is 5.56 Å². The first-order valence-electron chi connectivity index (χ1n) is 3.88. The lowest BCUT2D eigenvalue weighted by atomic mass is 10.3. The highest BCUT2D eigenvalue weighted by Gasteiger charge is 2.19. The zero-order valence-corrected chi connectivity index (χ0v) is 8.85. The Morgan fingerprint density at radius 3 is 2.93 bits per heavy atom. The Balaban J connectivity index is 2.84. The number of nitro groups is 1. The smallest absolute Gasteiger partial charge is 0.358 e. The van der Waals surface area contributed by atoms with Crippen molar-refractivity contribution in [2.24, 2.45) is 0 Å². The highest BCUT2D eigenvalue weighted by atomic mass is 79.9. The molecule has 0 fully saturated rings. The van der Waals surface area contributed by atoms with Gasteiger partial charge >= 0.3 is 5.82 Å². The van der Waals surface area contributed by atoms with E-state index >= 15 is 0 Å². The van der Waals surface area contributed by atoms with Crippen LogP contribution in [0.5, 0.6) is 0 Å². The molecule has 0 aliphatic rings. The van der Waals surface area contributed by atoms with Crippen molar-refractivity contribution in [2.75, 3.05) is 0 Å². The van der Waals surface area contributed by atoms with E-state index in [1.165, 1.54) is 0 Å². The predicted molar refractivity (Wildman–Crippen MR) is 54.3 cm³/mol. The first kappa shape index (κ1) is 9.14. The third kappa shape index (κ3) is 1.27. The number of pyridine rings is 1. The number of nitrogens with zero attached hydrogens (tertiary/aromatic N) is 3. The fourth-order valence-corrected chi connectivity index (χ4v) is 1.74. The van der Waals surface area contributed by atoms with Crippen LogP contribution in [0, 0.1) is 17.0 Å². The third-order valence-electron chi connectivity index (χ3n) is 1.90. The van der Waals surface area contributed by atoms with Crippen molar-refractivity contribution in [1.82, 2.24) is 9.38 Å². The molecule has 0 atom stereocenters. The van der Waals surface area contributed by atoms with Gasteiger partial charge in [0.15, 0.2) is 0 Å². The Bertz CT molecular complexity index is 521. The Labute approximate surface area is 87.7 Å². The van der Waals surface area contributed by atoms with E-state index in [9.17, 15) is 10.1 Å². The van der Waals surface area contributed by atoms with E-state index in [1.807, 2.05) is 13.0 Å². The van der Waals surface area contributed by atoms with Gasteiger partial charge in [0.1, 0.15) is 5.52 Å². The molecule has 0 radical (unpaired) electrons. The number of hydrogen-bond acceptors (Lipinski definition) is 3. The number of aromatic nitrogens is 2. The molecule has 2 rings (SSSR count). The number of hydrogen-bond donors (Lipinski definition) is 0. The molecule has 0 saturated heterocycles. The number of halogens is 1. The van der Waals surface area contributed by atoms with Gasteiger partial charge < -0.3 is 10.1 Å². The van der Waals surface area contributed by atoms with Gasteiger partial charge in [-0.3, -0.25) is 4.40 Å². The molecule has 2 heterocycles. The Hall–Kier alpha value is -1.43. The van der Waals surface area contributed by atoms with E-state index in [4.69, 9.17) is 0 Å². The lowest BCUT2D eigenvalue weighted by Gasteiger charge is -1.94. The van der Waals surface area contributed by atoms with E-state index in [1.54, 1.807) is 16.7 Å². The highest BCUT2D eigenvalue weighted by molar-refractivity contribution is 9.10. The Kier molecular flexibility index (Phi) is 1.99. The number of aryl methyl sites for hydroxylation is 1.